The molecule has 0 aliphatic carbocycles. The molecule has 0 aliphatic heterocycles. The highest BCUT2D eigenvalue weighted by Gasteiger charge is 2.20. The first kappa shape index (κ1) is 26.6. The molecular formula is C46H38N4O. The molecule has 9 rings (SSSR count). The van der Waals surface area contributed by atoms with E-state index in [1.54, 1.807) is 26.2 Å². The normalized spacial score (nSPS) is 13.4. The summed E-state index contributed by atoms with van der Waals surface area (Å²) in [5, 5.41) is 3.88. The minimum Gasteiger partial charge on any atom is -0.457 e. The van der Waals surface area contributed by atoms with Crippen LogP contribution in [0.5, 0.6) is 11.5 Å². The lowest BCUT2D eigenvalue weighted by Crippen LogP contribution is -2.03. The summed E-state index contributed by atoms with van der Waals surface area (Å²) >= 11 is 0. The molecule has 0 bridgehead atoms. The Bertz CT molecular complexity index is 2880. The summed E-state index contributed by atoms with van der Waals surface area (Å²) in [6.45, 7) is 7.13. The quantitative estimate of drug-likeness (QED) is 0.170. The van der Waals surface area contributed by atoms with Crippen LogP contribution >= 0.6 is 0 Å². The van der Waals surface area contributed by atoms with Gasteiger partial charge in [0.05, 0.1) is 33.4 Å². The van der Waals surface area contributed by atoms with E-state index in [-0.39, 0.29) is 0 Å². The maximum atomic E-state index is 8.94. The van der Waals surface area contributed by atoms with Gasteiger partial charge in [0, 0.05) is 57.1 Å². The van der Waals surface area contributed by atoms with Crippen LogP contribution in [0.4, 0.5) is 0 Å². The lowest BCUT2D eigenvalue weighted by molar-refractivity contribution is 0.483. The number of para-hydroxylation sites is 1. The second-order valence-corrected chi connectivity index (χ2v) is 13.0. The Hall–Kier alpha value is -6.20. The number of nitrogens with zero attached hydrogens (tertiary/aromatic N) is 4. The fourth-order valence-corrected chi connectivity index (χ4v) is 7.52. The zero-order valence-corrected chi connectivity index (χ0v) is 28.9. The van der Waals surface area contributed by atoms with Crippen molar-refractivity contribution in [3.63, 3.8) is 0 Å². The van der Waals surface area contributed by atoms with Crippen LogP contribution in [0.1, 0.15) is 41.6 Å². The van der Waals surface area contributed by atoms with Gasteiger partial charge in [0.25, 0.3) is 0 Å². The third-order valence-electron chi connectivity index (χ3n) is 9.68. The van der Waals surface area contributed by atoms with Gasteiger partial charge in [-0.25, -0.2) is 4.98 Å². The van der Waals surface area contributed by atoms with E-state index < -0.39 is 12.7 Å². The second kappa shape index (κ2) is 12.3. The van der Waals surface area contributed by atoms with E-state index in [0.717, 1.165) is 60.6 Å². The lowest BCUT2D eigenvalue weighted by atomic mass is 10.0. The third kappa shape index (κ3) is 5.16. The number of hydrogen-bond donors (Lipinski definition) is 0. The monoisotopic (exact) mass is 666 g/mol. The molecule has 4 heterocycles. The average molecular weight is 667 g/mol. The standard InChI is InChI=1S/C46H38N4O/c1-5-31-22-29(3)24-39-40-25-30(4)23-32(6-2)46(40)49(45(31)39)34-19-21-48-44(27-34)50-42-16-8-7-14-37(42)38-18-17-36(28-43(38)50)51-35-13-11-12-33(26-35)41-15-9-10-20-47-41/h7-28H,5-6H2,1-4H3/i5D2,6D2. The average Bonchev–Trinajstić information content (AvgIpc) is 3.66. The van der Waals surface area contributed by atoms with Crippen molar-refractivity contribution < 1.29 is 10.2 Å². The van der Waals surface area contributed by atoms with Crippen LogP contribution in [0.25, 0.3) is 66.4 Å². The van der Waals surface area contributed by atoms with Crippen molar-refractivity contribution in [2.45, 2.75) is 40.4 Å². The molecule has 0 amide bonds. The van der Waals surface area contributed by atoms with Gasteiger partial charge in [0.1, 0.15) is 17.3 Å². The maximum Gasteiger partial charge on any atom is 0.139 e. The smallest absolute Gasteiger partial charge is 0.139 e. The number of fused-ring (bicyclic) bond motifs is 6. The first-order valence-corrected chi connectivity index (χ1v) is 17.1. The number of pyridine rings is 2. The Labute approximate surface area is 303 Å². The van der Waals surface area contributed by atoms with Gasteiger partial charge in [-0.2, -0.15) is 0 Å². The zero-order valence-electron chi connectivity index (χ0n) is 32.9. The molecule has 5 nitrogen and oxygen atoms in total. The molecule has 0 aliphatic rings. The van der Waals surface area contributed by atoms with Crippen molar-refractivity contribution in [2.75, 3.05) is 0 Å². The molecular weight excluding hydrogens is 625 g/mol. The van der Waals surface area contributed by atoms with Crippen molar-refractivity contribution in [2.24, 2.45) is 0 Å². The Morgan fingerprint density at radius 1 is 0.569 bits per heavy atom. The molecule has 0 atom stereocenters. The molecule has 9 aromatic rings. The molecule has 248 valence electrons. The minimum atomic E-state index is -1.67. The number of ether oxygens (including phenoxy) is 1. The Morgan fingerprint density at radius 2 is 1.27 bits per heavy atom. The van der Waals surface area contributed by atoms with Crippen LogP contribution in [-0.4, -0.2) is 19.1 Å². The highest BCUT2D eigenvalue weighted by molar-refractivity contribution is 6.12. The molecule has 51 heavy (non-hydrogen) atoms. The van der Waals surface area contributed by atoms with Crippen LogP contribution < -0.4 is 4.74 Å². The van der Waals surface area contributed by atoms with Gasteiger partial charge in [0.15, 0.2) is 0 Å². The number of rotatable bonds is 7. The molecule has 0 fully saturated rings. The van der Waals surface area contributed by atoms with Gasteiger partial charge in [-0.05, 0) is 98.4 Å². The topological polar surface area (TPSA) is 44.9 Å². The molecule has 0 saturated heterocycles. The Kier molecular flexibility index (Phi) is 6.42. The summed E-state index contributed by atoms with van der Waals surface area (Å²) in [5.41, 5.74) is 8.86. The molecule has 0 unspecified atom stereocenters. The second-order valence-electron chi connectivity index (χ2n) is 13.0. The molecule has 0 saturated carbocycles. The highest BCUT2D eigenvalue weighted by atomic mass is 16.5. The summed E-state index contributed by atoms with van der Waals surface area (Å²) in [4.78, 5) is 9.44. The third-order valence-corrected chi connectivity index (χ3v) is 9.68. The number of aromatic nitrogens is 4. The first-order chi connectivity index (χ1) is 26.3. The van der Waals surface area contributed by atoms with Crippen molar-refractivity contribution >= 4 is 43.6 Å². The molecule has 5 heteroatoms. The van der Waals surface area contributed by atoms with Gasteiger partial charge in [-0.15, -0.1) is 0 Å². The number of aryl methyl sites for hydroxylation is 4. The minimum absolute atomic E-state index is 0.545. The van der Waals surface area contributed by atoms with Gasteiger partial charge >= 0.3 is 0 Å². The molecule has 4 aromatic heterocycles. The summed E-state index contributed by atoms with van der Waals surface area (Å²) < 4.78 is 46.4. The molecule has 0 N–H and O–H groups in total. The van der Waals surface area contributed by atoms with Crippen LogP contribution in [0.2, 0.25) is 0 Å². The van der Waals surface area contributed by atoms with Crippen LogP contribution in [-0.2, 0) is 12.7 Å². The van der Waals surface area contributed by atoms with E-state index in [2.05, 4.69) is 39.9 Å². The van der Waals surface area contributed by atoms with Gasteiger partial charge in [0.2, 0.25) is 0 Å². The predicted octanol–water partition coefficient (Wildman–Crippen LogP) is 11.9. The van der Waals surface area contributed by atoms with Crippen molar-refractivity contribution in [1.82, 2.24) is 19.1 Å². The number of hydrogen-bond acceptors (Lipinski definition) is 3. The van der Waals surface area contributed by atoms with Gasteiger partial charge in [-0.1, -0.05) is 73.5 Å². The van der Waals surface area contributed by atoms with Crippen molar-refractivity contribution in [3.05, 3.63) is 156 Å². The van der Waals surface area contributed by atoms with E-state index >= 15 is 0 Å². The summed E-state index contributed by atoms with van der Waals surface area (Å²) in [5.74, 6) is 2.03. The predicted molar refractivity (Wildman–Crippen MR) is 211 cm³/mol. The van der Waals surface area contributed by atoms with Crippen molar-refractivity contribution in [1.29, 1.82) is 0 Å². The van der Waals surface area contributed by atoms with E-state index in [1.807, 2.05) is 109 Å². The van der Waals surface area contributed by atoms with Crippen LogP contribution in [0.3, 0.4) is 0 Å². The lowest BCUT2D eigenvalue weighted by Gasteiger charge is -2.15. The van der Waals surface area contributed by atoms with E-state index in [9.17, 15) is 0 Å². The molecule has 5 aromatic carbocycles. The fraction of sp³-hybridized carbons (Fsp3) is 0.130. The highest BCUT2D eigenvalue weighted by Crippen LogP contribution is 2.40. The van der Waals surface area contributed by atoms with E-state index in [1.165, 1.54) is 0 Å². The molecule has 0 radical (unpaired) electrons. The zero-order chi connectivity index (χ0) is 38.2. The van der Waals surface area contributed by atoms with Crippen LogP contribution in [0, 0.1) is 13.8 Å². The van der Waals surface area contributed by atoms with Gasteiger partial charge in [-0.3, -0.25) is 9.55 Å². The summed E-state index contributed by atoms with van der Waals surface area (Å²) in [6, 6.07) is 40.0. The maximum absolute atomic E-state index is 8.94. The van der Waals surface area contributed by atoms with Crippen LogP contribution in [0.15, 0.2) is 134 Å². The van der Waals surface area contributed by atoms with Gasteiger partial charge < -0.3 is 9.30 Å². The Morgan fingerprint density at radius 3 is 2.00 bits per heavy atom. The summed E-state index contributed by atoms with van der Waals surface area (Å²) in [7, 11) is 0. The molecule has 0 spiro atoms. The summed E-state index contributed by atoms with van der Waals surface area (Å²) in [6.07, 6.45) is 0.207. The Balaban J connectivity index is 1.27. The van der Waals surface area contributed by atoms with E-state index in [4.69, 9.17) is 15.2 Å². The van der Waals surface area contributed by atoms with E-state index in [0.29, 0.717) is 39.5 Å². The largest absolute Gasteiger partial charge is 0.457 e. The number of benzene rings is 5. The fourth-order valence-electron chi connectivity index (χ4n) is 7.52. The van der Waals surface area contributed by atoms with Crippen molar-refractivity contribution in [3.8, 4) is 34.3 Å². The first-order valence-electron chi connectivity index (χ1n) is 19.1. The SMILES string of the molecule is [2H]C([2H])(C)c1cc(C)cc2c3cc(C)cc(C([2H])([2H])C)c3n(-c3ccnc(-n4c5ccccc5c5ccc(Oc6cccc(-c7ccccn7)c6)cc54)c3)c12.